The first-order valence-corrected chi connectivity index (χ1v) is 8.41. The fourth-order valence-corrected chi connectivity index (χ4v) is 2.22. The molecular weight excluding hydrogens is 450 g/mol. The van der Waals surface area contributed by atoms with Gasteiger partial charge in [0.25, 0.3) is 0 Å². The van der Waals surface area contributed by atoms with Gasteiger partial charge in [-0.05, 0) is 18.9 Å². The van der Waals surface area contributed by atoms with E-state index in [0.29, 0.717) is 30.7 Å². The Morgan fingerprint density at radius 2 is 2.04 bits per heavy atom. The number of guanidine groups is 1. The van der Waals surface area contributed by atoms with Gasteiger partial charge in [-0.15, -0.1) is 24.0 Å². The summed E-state index contributed by atoms with van der Waals surface area (Å²) in [5.74, 6) is 1.04. The molecular formula is C18H26FIN4O2. The molecule has 0 amide bonds. The van der Waals surface area contributed by atoms with Crippen LogP contribution in [0.2, 0.25) is 0 Å². The zero-order valence-corrected chi connectivity index (χ0v) is 17.5. The molecule has 1 unspecified atom stereocenters. The first-order chi connectivity index (χ1) is 12.0. The lowest BCUT2D eigenvalue weighted by molar-refractivity contribution is 0.176. The molecule has 8 heteroatoms. The summed E-state index contributed by atoms with van der Waals surface area (Å²) < 4.78 is 18.9. The first kappa shape index (κ1) is 22.4. The van der Waals surface area contributed by atoms with Crippen molar-refractivity contribution in [2.24, 2.45) is 4.99 Å². The minimum atomic E-state index is -0.970. The van der Waals surface area contributed by atoms with Gasteiger partial charge in [0, 0.05) is 24.7 Å². The second kappa shape index (κ2) is 11.1. The van der Waals surface area contributed by atoms with E-state index in [1.54, 1.807) is 18.2 Å². The smallest absolute Gasteiger partial charge is 0.191 e. The number of halogens is 2. The second-order valence-electron chi connectivity index (χ2n) is 5.99. The van der Waals surface area contributed by atoms with Gasteiger partial charge < -0.3 is 20.3 Å². The van der Waals surface area contributed by atoms with Crippen molar-refractivity contribution >= 4 is 29.9 Å². The van der Waals surface area contributed by atoms with Gasteiger partial charge in [-0.25, -0.2) is 9.38 Å². The van der Waals surface area contributed by atoms with Crippen LogP contribution in [0.3, 0.4) is 0 Å². The Balaban J connectivity index is 0.00000338. The van der Waals surface area contributed by atoms with Gasteiger partial charge in [-0.2, -0.15) is 0 Å². The lowest BCUT2D eigenvalue weighted by atomic mass is 10.1. The Morgan fingerprint density at radius 3 is 2.65 bits per heavy atom. The van der Waals surface area contributed by atoms with Gasteiger partial charge >= 0.3 is 0 Å². The molecule has 2 rings (SSSR count). The van der Waals surface area contributed by atoms with E-state index in [9.17, 15) is 9.50 Å². The molecule has 0 spiro atoms. The number of aliphatic imine (C=N–C) groups is 1. The molecule has 3 N–H and O–H groups in total. The predicted molar refractivity (Wildman–Crippen MR) is 110 cm³/mol. The highest BCUT2D eigenvalue weighted by atomic mass is 127. The predicted octanol–water partition coefficient (Wildman–Crippen LogP) is 3.34. The average Bonchev–Trinajstić information content (AvgIpc) is 3.07. The molecule has 1 heterocycles. The summed E-state index contributed by atoms with van der Waals surface area (Å²) in [5.41, 5.74) is 1.14. The number of nitrogens with one attached hydrogen (secondary N) is 2. The highest BCUT2D eigenvalue weighted by molar-refractivity contribution is 14.0. The summed E-state index contributed by atoms with van der Waals surface area (Å²) in [4.78, 5) is 4.40. The minimum absolute atomic E-state index is 0. The number of benzene rings is 1. The van der Waals surface area contributed by atoms with Crippen molar-refractivity contribution in [3.63, 3.8) is 0 Å². The summed E-state index contributed by atoms with van der Waals surface area (Å²) in [6, 6.07) is 8.05. The number of nitrogens with zero attached hydrogens (tertiary/aromatic N) is 2. The molecule has 0 aliphatic rings. The summed E-state index contributed by atoms with van der Waals surface area (Å²) in [5, 5.41) is 20.2. The number of hydrogen-bond donors (Lipinski definition) is 3. The summed E-state index contributed by atoms with van der Waals surface area (Å²) in [6.45, 7) is 7.15. The molecule has 144 valence electrons. The van der Waals surface area contributed by atoms with Crippen molar-refractivity contribution in [1.29, 1.82) is 0 Å². The minimum Gasteiger partial charge on any atom is -0.386 e. The third-order valence-electron chi connectivity index (χ3n) is 3.63. The van der Waals surface area contributed by atoms with E-state index in [2.05, 4.69) is 20.8 Å². The number of aromatic nitrogens is 1. The van der Waals surface area contributed by atoms with Crippen LogP contribution >= 0.6 is 24.0 Å². The van der Waals surface area contributed by atoms with Crippen molar-refractivity contribution in [3.05, 3.63) is 53.2 Å². The van der Waals surface area contributed by atoms with Crippen LogP contribution in [0.5, 0.6) is 0 Å². The van der Waals surface area contributed by atoms with E-state index in [1.165, 1.54) is 6.07 Å². The Hall–Kier alpha value is -1.68. The van der Waals surface area contributed by atoms with E-state index >= 15 is 0 Å². The van der Waals surface area contributed by atoms with Crippen LogP contribution in [-0.2, 0) is 6.54 Å². The number of hydrogen-bond acceptors (Lipinski definition) is 4. The first-order valence-electron chi connectivity index (χ1n) is 8.41. The van der Waals surface area contributed by atoms with Crippen molar-refractivity contribution in [2.75, 3.05) is 13.1 Å². The van der Waals surface area contributed by atoms with Crippen LogP contribution in [0.25, 0.3) is 0 Å². The van der Waals surface area contributed by atoms with Crippen molar-refractivity contribution < 1.29 is 14.0 Å². The van der Waals surface area contributed by atoms with Gasteiger partial charge in [0.15, 0.2) is 11.7 Å². The van der Waals surface area contributed by atoms with Crippen LogP contribution in [0.4, 0.5) is 4.39 Å². The molecule has 1 atom stereocenters. The highest BCUT2D eigenvalue weighted by Gasteiger charge is 2.13. The molecule has 6 nitrogen and oxygen atoms in total. The summed E-state index contributed by atoms with van der Waals surface area (Å²) >= 11 is 0. The van der Waals surface area contributed by atoms with E-state index < -0.39 is 11.9 Å². The third-order valence-corrected chi connectivity index (χ3v) is 3.63. The lowest BCUT2D eigenvalue weighted by Crippen LogP contribution is -2.39. The summed E-state index contributed by atoms with van der Waals surface area (Å²) in [7, 11) is 0. The van der Waals surface area contributed by atoms with E-state index in [0.717, 1.165) is 5.69 Å². The van der Waals surface area contributed by atoms with Gasteiger partial charge in [0.2, 0.25) is 0 Å². The standard InChI is InChI=1S/C18H25FN4O2.HI/c1-4-20-18(21-10-13-9-16(12(2)3)23-25-13)22-11-17(24)14-7-5-6-8-15(14)19;/h5-9,12,17,24H,4,10-11H2,1-3H3,(H2,20,21,22);1H. The Bertz CT molecular complexity index is 706. The molecule has 1 aromatic carbocycles. The molecule has 26 heavy (non-hydrogen) atoms. The maximum Gasteiger partial charge on any atom is 0.191 e. The van der Waals surface area contributed by atoms with Gasteiger partial charge in [0.1, 0.15) is 12.4 Å². The Morgan fingerprint density at radius 1 is 1.31 bits per heavy atom. The molecule has 0 radical (unpaired) electrons. The van der Waals surface area contributed by atoms with Crippen LogP contribution in [0.15, 0.2) is 39.8 Å². The average molecular weight is 476 g/mol. The van der Waals surface area contributed by atoms with Crippen LogP contribution < -0.4 is 10.6 Å². The molecule has 0 aliphatic carbocycles. The van der Waals surface area contributed by atoms with Crippen LogP contribution in [0.1, 0.15) is 49.8 Å². The third kappa shape index (κ3) is 6.56. The lowest BCUT2D eigenvalue weighted by Gasteiger charge is -2.15. The van der Waals surface area contributed by atoms with Gasteiger partial charge in [-0.1, -0.05) is 37.2 Å². The topological polar surface area (TPSA) is 82.7 Å². The number of aliphatic hydroxyl groups is 1. The van der Waals surface area contributed by atoms with E-state index in [4.69, 9.17) is 4.52 Å². The number of rotatable bonds is 7. The van der Waals surface area contributed by atoms with Gasteiger partial charge in [-0.3, -0.25) is 0 Å². The quantitative estimate of drug-likeness (QED) is 0.325. The Kier molecular flexibility index (Phi) is 9.57. The maximum atomic E-state index is 13.7. The molecule has 2 aromatic rings. The fraction of sp³-hybridized carbons (Fsp3) is 0.444. The zero-order chi connectivity index (χ0) is 18.2. The largest absolute Gasteiger partial charge is 0.386 e. The molecule has 1 aromatic heterocycles. The van der Waals surface area contributed by atoms with E-state index in [-0.39, 0.29) is 36.1 Å². The van der Waals surface area contributed by atoms with Crippen molar-refractivity contribution in [3.8, 4) is 0 Å². The van der Waals surface area contributed by atoms with E-state index in [1.807, 2.05) is 26.8 Å². The SMILES string of the molecule is CCNC(=NCc1cc(C(C)C)no1)NCC(O)c1ccccc1F.I. The van der Waals surface area contributed by atoms with Crippen LogP contribution in [0, 0.1) is 5.82 Å². The van der Waals surface area contributed by atoms with Crippen LogP contribution in [-0.4, -0.2) is 29.3 Å². The maximum absolute atomic E-state index is 13.7. The highest BCUT2D eigenvalue weighted by Crippen LogP contribution is 2.16. The molecule has 0 aliphatic heterocycles. The monoisotopic (exact) mass is 476 g/mol. The van der Waals surface area contributed by atoms with Crippen molar-refractivity contribution in [1.82, 2.24) is 15.8 Å². The Labute approximate surface area is 170 Å². The fourth-order valence-electron chi connectivity index (χ4n) is 2.22. The molecule has 0 saturated carbocycles. The summed E-state index contributed by atoms with van der Waals surface area (Å²) in [6.07, 6.45) is -0.970. The molecule has 0 bridgehead atoms. The second-order valence-corrected chi connectivity index (χ2v) is 5.99. The number of aliphatic hydroxyl groups excluding tert-OH is 1. The van der Waals surface area contributed by atoms with Gasteiger partial charge in [0.05, 0.1) is 11.8 Å². The molecule has 0 fully saturated rings. The zero-order valence-electron chi connectivity index (χ0n) is 15.2. The normalized spacial score (nSPS) is 12.6. The molecule has 0 saturated heterocycles. The van der Waals surface area contributed by atoms with Crippen molar-refractivity contribution in [2.45, 2.75) is 39.3 Å².